The lowest BCUT2D eigenvalue weighted by Crippen LogP contribution is -2.31. The molecule has 194 valence electrons. The summed E-state index contributed by atoms with van der Waals surface area (Å²) in [6.07, 6.45) is -0.602. The van der Waals surface area contributed by atoms with Gasteiger partial charge >= 0.3 is 12.1 Å². The van der Waals surface area contributed by atoms with Crippen LogP contribution in [0.3, 0.4) is 0 Å². The Morgan fingerprint density at radius 3 is 2.46 bits per heavy atom. The summed E-state index contributed by atoms with van der Waals surface area (Å²) in [5, 5.41) is 0. The maximum atomic E-state index is 12.9. The van der Waals surface area contributed by atoms with Crippen LogP contribution in [0.4, 0.5) is 4.79 Å². The van der Waals surface area contributed by atoms with E-state index in [2.05, 4.69) is 15.9 Å². The molecule has 0 saturated carbocycles. The highest BCUT2D eigenvalue weighted by molar-refractivity contribution is 9.10. The normalized spacial score (nSPS) is 16.9. The van der Waals surface area contributed by atoms with E-state index >= 15 is 0 Å². The zero-order valence-electron chi connectivity index (χ0n) is 21.1. The van der Waals surface area contributed by atoms with Crippen LogP contribution in [0.2, 0.25) is 0 Å². The number of amides is 1. The quantitative estimate of drug-likeness (QED) is 0.250. The number of benzene rings is 3. The van der Waals surface area contributed by atoms with Gasteiger partial charge in [0.2, 0.25) is 0 Å². The summed E-state index contributed by atoms with van der Waals surface area (Å²) in [7, 11) is 0. The lowest BCUT2D eigenvalue weighted by atomic mass is 10.0. The van der Waals surface area contributed by atoms with Gasteiger partial charge in [-0.1, -0.05) is 52.3 Å². The molecule has 1 heterocycles. The molecule has 3 aromatic rings. The van der Waals surface area contributed by atoms with Crippen molar-refractivity contribution >= 4 is 28.0 Å². The Hall–Kier alpha value is -3.52. The van der Waals surface area contributed by atoms with Crippen LogP contribution in [0.1, 0.15) is 43.6 Å². The number of halogens is 1. The molecular formula is C29H30BrNO6. The lowest BCUT2D eigenvalue weighted by Gasteiger charge is -2.23. The van der Waals surface area contributed by atoms with Gasteiger partial charge in [0.25, 0.3) is 0 Å². The van der Waals surface area contributed by atoms with Crippen LogP contribution in [-0.2, 0) is 27.2 Å². The molecule has 0 radical (unpaired) electrons. The molecule has 8 heteroatoms. The minimum absolute atomic E-state index is 0.127. The van der Waals surface area contributed by atoms with E-state index in [-0.39, 0.29) is 30.6 Å². The van der Waals surface area contributed by atoms with Gasteiger partial charge in [0, 0.05) is 10.0 Å². The van der Waals surface area contributed by atoms with Gasteiger partial charge in [-0.05, 0) is 62.2 Å². The summed E-state index contributed by atoms with van der Waals surface area (Å²) in [5.74, 6) is 1.30. The monoisotopic (exact) mass is 567 g/mol. The van der Waals surface area contributed by atoms with E-state index in [0.717, 1.165) is 21.2 Å². The predicted octanol–water partition coefficient (Wildman–Crippen LogP) is 6.83. The van der Waals surface area contributed by atoms with E-state index in [1.54, 1.807) is 24.0 Å². The molecule has 1 fully saturated rings. The van der Waals surface area contributed by atoms with Gasteiger partial charge in [-0.15, -0.1) is 0 Å². The van der Waals surface area contributed by atoms with Crippen LogP contribution >= 0.6 is 15.9 Å². The van der Waals surface area contributed by atoms with Gasteiger partial charge in [-0.25, -0.2) is 4.79 Å². The van der Waals surface area contributed by atoms with Crippen LogP contribution in [0.5, 0.6) is 17.2 Å². The summed E-state index contributed by atoms with van der Waals surface area (Å²) < 4.78 is 23.8. The van der Waals surface area contributed by atoms with Crippen LogP contribution in [0, 0.1) is 0 Å². The fourth-order valence-electron chi connectivity index (χ4n) is 4.27. The minimum Gasteiger partial charge on any atom is -0.490 e. The molecule has 0 spiro atoms. The third-order valence-electron chi connectivity index (χ3n) is 6.07. The van der Waals surface area contributed by atoms with Gasteiger partial charge in [-0.3, -0.25) is 9.69 Å². The average molecular weight is 568 g/mol. The van der Waals surface area contributed by atoms with Crippen LogP contribution in [0.25, 0.3) is 0 Å². The van der Waals surface area contributed by atoms with Crippen LogP contribution in [-0.4, -0.2) is 36.2 Å². The van der Waals surface area contributed by atoms with Crippen molar-refractivity contribution < 1.29 is 28.5 Å². The number of ether oxygens (including phenoxy) is 4. The van der Waals surface area contributed by atoms with Crippen molar-refractivity contribution in [2.75, 3.05) is 13.2 Å². The van der Waals surface area contributed by atoms with E-state index in [1.165, 1.54) is 0 Å². The number of hydrogen-bond donors (Lipinski definition) is 0. The highest BCUT2D eigenvalue weighted by atomic mass is 79.9. The van der Waals surface area contributed by atoms with E-state index in [4.69, 9.17) is 18.9 Å². The smallest absolute Gasteiger partial charge is 0.411 e. The Morgan fingerprint density at radius 1 is 0.973 bits per heavy atom. The number of rotatable bonds is 10. The fraction of sp³-hybridized carbons (Fsp3) is 0.310. The molecule has 0 aromatic heterocycles. The number of nitrogens with zero attached hydrogens (tertiary/aromatic N) is 1. The molecule has 2 unspecified atom stereocenters. The number of carbonyl (C=O) groups excluding carboxylic acids is 2. The number of hydrogen-bond acceptors (Lipinski definition) is 6. The second kappa shape index (κ2) is 12.1. The van der Waals surface area contributed by atoms with Crippen molar-refractivity contribution in [1.29, 1.82) is 0 Å². The number of esters is 1. The van der Waals surface area contributed by atoms with Crippen LogP contribution < -0.4 is 9.47 Å². The first kappa shape index (κ1) is 26.5. The summed E-state index contributed by atoms with van der Waals surface area (Å²) >= 11 is 3.54. The Morgan fingerprint density at radius 2 is 1.73 bits per heavy atom. The molecule has 2 atom stereocenters. The third kappa shape index (κ3) is 6.43. The molecule has 37 heavy (non-hydrogen) atoms. The van der Waals surface area contributed by atoms with Crippen molar-refractivity contribution in [2.45, 2.75) is 45.9 Å². The Bertz CT molecular complexity index is 1250. The van der Waals surface area contributed by atoms with Crippen molar-refractivity contribution in [3.8, 4) is 17.2 Å². The second-order valence-electron chi connectivity index (χ2n) is 8.63. The molecule has 4 rings (SSSR count). The standard InChI is InChI=1S/C29H30BrNO6/c1-4-34-25-13-11-20(16-27(32)35-5-2)15-26(25)36-24-14-12-23(30)17-22(24)18-31-19(3)28(37-29(31)33)21-9-7-6-8-10-21/h6-15,17,19,28H,4-5,16,18H2,1-3H3. The van der Waals surface area contributed by atoms with Gasteiger partial charge in [0.05, 0.1) is 32.2 Å². The molecule has 1 saturated heterocycles. The zero-order chi connectivity index (χ0) is 26.4. The fourth-order valence-corrected chi connectivity index (χ4v) is 4.68. The Balaban J connectivity index is 1.60. The third-order valence-corrected chi connectivity index (χ3v) is 6.56. The van der Waals surface area contributed by atoms with E-state index < -0.39 is 0 Å². The second-order valence-corrected chi connectivity index (χ2v) is 9.55. The van der Waals surface area contributed by atoms with Crippen LogP contribution in [0.15, 0.2) is 71.2 Å². The SMILES string of the molecule is CCOC(=O)Cc1ccc(OCC)c(Oc2ccc(Br)cc2CN2C(=O)OC(c3ccccc3)C2C)c1. The van der Waals surface area contributed by atoms with Crippen molar-refractivity contribution in [2.24, 2.45) is 0 Å². The summed E-state index contributed by atoms with van der Waals surface area (Å²) in [5.41, 5.74) is 2.50. The largest absolute Gasteiger partial charge is 0.490 e. The molecule has 0 N–H and O–H groups in total. The van der Waals surface area contributed by atoms with Gasteiger partial charge in [-0.2, -0.15) is 0 Å². The number of cyclic esters (lactones) is 1. The average Bonchev–Trinajstić information content (AvgIpc) is 3.16. The molecule has 1 amide bonds. The molecular weight excluding hydrogens is 538 g/mol. The maximum Gasteiger partial charge on any atom is 0.411 e. The van der Waals surface area contributed by atoms with E-state index in [1.807, 2.05) is 68.4 Å². The zero-order valence-corrected chi connectivity index (χ0v) is 22.7. The summed E-state index contributed by atoms with van der Waals surface area (Å²) in [6, 6.07) is 20.6. The van der Waals surface area contributed by atoms with E-state index in [0.29, 0.717) is 37.0 Å². The first-order chi connectivity index (χ1) is 17.9. The highest BCUT2D eigenvalue weighted by Crippen LogP contribution is 2.38. The molecule has 7 nitrogen and oxygen atoms in total. The van der Waals surface area contributed by atoms with Crippen molar-refractivity contribution in [3.63, 3.8) is 0 Å². The van der Waals surface area contributed by atoms with E-state index in [9.17, 15) is 9.59 Å². The maximum absolute atomic E-state index is 12.9. The van der Waals surface area contributed by atoms with Gasteiger partial charge in [0.1, 0.15) is 11.9 Å². The molecule has 0 bridgehead atoms. The predicted molar refractivity (Wildman–Crippen MR) is 143 cm³/mol. The summed E-state index contributed by atoms with van der Waals surface area (Å²) in [6.45, 7) is 6.73. The van der Waals surface area contributed by atoms with Gasteiger partial charge in [0.15, 0.2) is 11.5 Å². The molecule has 0 aliphatic carbocycles. The Kier molecular flexibility index (Phi) is 8.71. The lowest BCUT2D eigenvalue weighted by molar-refractivity contribution is -0.142. The first-order valence-electron chi connectivity index (χ1n) is 12.3. The van der Waals surface area contributed by atoms with Gasteiger partial charge < -0.3 is 18.9 Å². The topological polar surface area (TPSA) is 74.3 Å². The highest BCUT2D eigenvalue weighted by Gasteiger charge is 2.39. The summed E-state index contributed by atoms with van der Waals surface area (Å²) in [4.78, 5) is 26.6. The first-order valence-corrected chi connectivity index (χ1v) is 13.1. The molecule has 1 aliphatic rings. The molecule has 3 aromatic carbocycles. The number of carbonyl (C=O) groups is 2. The molecule has 1 aliphatic heterocycles. The van der Waals surface area contributed by atoms with Crippen molar-refractivity contribution in [1.82, 2.24) is 4.90 Å². The minimum atomic E-state index is -0.376. The Labute approximate surface area is 225 Å². The van der Waals surface area contributed by atoms with Crippen molar-refractivity contribution in [3.05, 3.63) is 87.9 Å².